The van der Waals surface area contributed by atoms with Crippen LogP contribution in [0.2, 0.25) is 0 Å². The van der Waals surface area contributed by atoms with E-state index in [2.05, 4.69) is 35.1 Å². The summed E-state index contributed by atoms with van der Waals surface area (Å²) in [5.74, 6) is -1.27. The molecule has 0 aliphatic heterocycles. The van der Waals surface area contributed by atoms with Gasteiger partial charge in [-0.15, -0.1) is 0 Å². The molecule has 2 unspecified atom stereocenters. The SMILES string of the molecule is CCCC(C)C(NC)c1ccc(F)c(F)c1Br. The Bertz CT molecular complexity index is 382. The summed E-state index contributed by atoms with van der Waals surface area (Å²) in [4.78, 5) is 0. The fraction of sp³-hybridized carbons (Fsp3) is 0.538. The molecule has 17 heavy (non-hydrogen) atoms. The third-order valence-electron chi connectivity index (χ3n) is 3.02. The normalized spacial score (nSPS) is 14.7. The fourth-order valence-electron chi connectivity index (χ4n) is 2.15. The first-order valence-corrected chi connectivity index (χ1v) is 6.62. The van der Waals surface area contributed by atoms with Gasteiger partial charge in [0.15, 0.2) is 11.6 Å². The summed E-state index contributed by atoms with van der Waals surface area (Å²) in [6.45, 7) is 4.22. The Hall–Kier alpha value is -0.480. The highest BCUT2D eigenvalue weighted by molar-refractivity contribution is 9.10. The number of hydrogen-bond donors (Lipinski definition) is 1. The molecule has 1 rings (SSSR count). The Morgan fingerprint density at radius 2 is 2.00 bits per heavy atom. The van der Waals surface area contributed by atoms with Gasteiger partial charge in [-0.2, -0.15) is 0 Å². The molecule has 0 aliphatic carbocycles. The van der Waals surface area contributed by atoms with Crippen LogP contribution >= 0.6 is 15.9 Å². The summed E-state index contributed by atoms with van der Waals surface area (Å²) in [6, 6.07) is 2.84. The second kappa shape index (κ2) is 6.45. The Balaban J connectivity index is 3.08. The summed E-state index contributed by atoms with van der Waals surface area (Å²) < 4.78 is 26.8. The van der Waals surface area contributed by atoms with Gasteiger partial charge in [-0.1, -0.05) is 26.3 Å². The molecule has 0 aliphatic rings. The lowest BCUT2D eigenvalue weighted by molar-refractivity contribution is 0.379. The van der Waals surface area contributed by atoms with Crippen molar-refractivity contribution in [3.8, 4) is 0 Å². The summed E-state index contributed by atoms with van der Waals surface area (Å²) in [5.41, 5.74) is 0.771. The van der Waals surface area contributed by atoms with Crippen LogP contribution in [0, 0.1) is 17.6 Å². The topological polar surface area (TPSA) is 12.0 Å². The molecule has 0 fully saturated rings. The lowest BCUT2D eigenvalue weighted by atomic mass is 9.91. The average Bonchev–Trinajstić information content (AvgIpc) is 2.30. The maximum atomic E-state index is 13.5. The number of rotatable bonds is 5. The van der Waals surface area contributed by atoms with Crippen LogP contribution in [0.15, 0.2) is 16.6 Å². The molecule has 2 atom stereocenters. The van der Waals surface area contributed by atoms with Crippen molar-refractivity contribution in [1.82, 2.24) is 5.32 Å². The molecule has 0 radical (unpaired) electrons. The van der Waals surface area contributed by atoms with E-state index in [0.29, 0.717) is 5.92 Å². The molecular formula is C13H18BrF2N. The predicted octanol–water partition coefficient (Wildman–Crippen LogP) is 4.42. The largest absolute Gasteiger partial charge is 0.313 e. The van der Waals surface area contributed by atoms with Crippen molar-refractivity contribution in [1.29, 1.82) is 0 Å². The Kier molecular flexibility index (Phi) is 5.53. The van der Waals surface area contributed by atoms with Gasteiger partial charge < -0.3 is 5.32 Å². The first-order chi connectivity index (χ1) is 8.02. The van der Waals surface area contributed by atoms with E-state index in [1.54, 1.807) is 6.07 Å². The van der Waals surface area contributed by atoms with Crippen LogP contribution in [0.1, 0.15) is 38.3 Å². The van der Waals surface area contributed by atoms with Crippen LogP contribution in [0.3, 0.4) is 0 Å². The summed E-state index contributed by atoms with van der Waals surface area (Å²) in [7, 11) is 1.84. The molecule has 96 valence electrons. The molecule has 0 bridgehead atoms. The molecule has 1 aromatic rings. The lowest BCUT2D eigenvalue weighted by Crippen LogP contribution is -2.24. The van der Waals surface area contributed by atoms with Gasteiger partial charge >= 0.3 is 0 Å². The van der Waals surface area contributed by atoms with E-state index in [0.717, 1.165) is 18.4 Å². The van der Waals surface area contributed by atoms with Crippen LogP contribution in [0.4, 0.5) is 8.78 Å². The Labute approximate surface area is 110 Å². The smallest absolute Gasteiger partial charge is 0.173 e. The fourth-order valence-corrected chi connectivity index (χ4v) is 2.72. The second-order valence-corrected chi connectivity index (χ2v) is 5.09. The summed E-state index contributed by atoms with van der Waals surface area (Å²) >= 11 is 3.14. The van der Waals surface area contributed by atoms with Crippen LogP contribution < -0.4 is 5.32 Å². The predicted molar refractivity (Wildman–Crippen MR) is 69.9 cm³/mol. The van der Waals surface area contributed by atoms with Crippen LogP contribution in [0.25, 0.3) is 0 Å². The van der Waals surface area contributed by atoms with E-state index in [4.69, 9.17) is 0 Å². The molecule has 1 N–H and O–H groups in total. The maximum absolute atomic E-state index is 13.5. The van der Waals surface area contributed by atoms with Crippen LogP contribution in [-0.4, -0.2) is 7.05 Å². The van der Waals surface area contributed by atoms with Gasteiger partial charge in [0.25, 0.3) is 0 Å². The molecule has 4 heteroatoms. The van der Waals surface area contributed by atoms with Gasteiger partial charge in [-0.3, -0.25) is 0 Å². The summed E-state index contributed by atoms with van der Waals surface area (Å²) in [6.07, 6.45) is 2.11. The average molecular weight is 306 g/mol. The Morgan fingerprint density at radius 3 is 2.53 bits per heavy atom. The van der Waals surface area contributed by atoms with Gasteiger partial charge in [-0.05, 0) is 46.9 Å². The van der Waals surface area contributed by atoms with E-state index >= 15 is 0 Å². The monoisotopic (exact) mass is 305 g/mol. The van der Waals surface area contributed by atoms with Crippen LogP contribution in [-0.2, 0) is 0 Å². The zero-order chi connectivity index (χ0) is 13.0. The number of hydrogen-bond acceptors (Lipinski definition) is 1. The third-order valence-corrected chi connectivity index (χ3v) is 3.83. The third kappa shape index (κ3) is 3.26. The molecule has 0 aromatic heterocycles. The van der Waals surface area contributed by atoms with Crippen molar-refractivity contribution in [3.05, 3.63) is 33.8 Å². The molecule has 0 heterocycles. The first kappa shape index (κ1) is 14.6. The minimum atomic E-state index is -0.821. The highest BCUT2D eigenvalue weighted by Gasteiger charge is 2.22. The highest BCUT2D eigenvalue weighted by Crippen LogP contribution is 2.33. The van der Waals surface area contributed by atoms with Crippen molar-refractivity contribution in [2.75, 3.05) is 7.05 Å². The van der Waals surface area contributed by atoms with Crippen molar-refractivity contribution >= 4 is 15.9 Å². The van der Waals surface area contributed by atoms with Gasteiger partial charge in [0, 0.05) is 6.04 Å². The highest BCUT2D eigenvalue weighted by atomic mass is 79.9. The number of halogens is 3. The van der Waals surface area contributed by atoms with Crippen molar-refractivity contribution < 1.29 is 8.78 Å². The quantitative estimate of drug-likeness (QED) is 0.794. The minimum absolute atomic E-state index is 0.0272. The van der Waals surface area contributed by atoms with E-state index in [1.807, 2.05) is 7.05 Å². The van der Waals surface area contributed by atoms with Crippen LogP contribution in [0.5, 0.6) is 0 Å². The second-order valence-electron chi connectivity index (χ2n) is 4.30. The van der Waals surface area contributed by atoms with Gasteiger partial charge in [-0.25, -0.2) is 8.78 Å². The molecule has 0 spiro atoms. The molecule has 0 saturated carbocycles. The van der Waals surface area contributed by atoms with Gasteiger partial charge in [0.1, 0.15) is 0 Å². The molecule has 1 aromatic carbocycles. The van der Waals surface area contributed by atoms with E-state index < -0.39 is 11.6 Å². The number of benzene rings is 1. The molecule has 1 nitrogen and oxygen atoms in total. The number of nitrogens with one attached hydrogen (secondary N) is 1. The molecule has 0 saturated heterocycles. The van der Waals surface area contributed by atoms with E-state index in [1.165, 1.54) is 6.07 Å². The maximum Gasteiger partial charge on any atom is 0.173 e. The van der Waals surface area contributed by atoms with E-state index in [9.17, 15) is 8.78 Å². The molecular weight excluding hydrogens is 288 g/mol. The minimum Gasteiger partial charge on any atom is -0.313 e. The zero-order valence-electron chi connectivity index (χ0n) is 10.4. The summed E-state index contributed by atoms with van der Waals surface area (Å²) in [5, 5.41) is 3.17. The zero-order valence-corrected chi connectivity index (χ0v) is 11.9. The molecule has 0 amide bonds. The Morgan fingerprint density at radius 1 is 1.35 bits per heavy atom. The van der Waals surface area contributed by atoms with Crippen molar-refractivity contribution in [2.24, 2.45) is 5.92 Å². The standard InChI is InChI=1S/C13H18BrF2N/c1-4-5-8(2)13(17-3)9-6-7-10(15)12(16)11(9)14/h6-8,13,17H,4-5H2,1-3H3. The van der Waals surface area contributed by atoms with Gasteiger partial charge in [0.2, 0.25) is 0 Å². The first-order valence-electron chi connectivity index (χ1n) is 5.83. The van der Waals surface area contributed by atoms with Crippen molar-refractivity contribution in [3.63, 3.8) is 0 Å². The lowest BCUT2D eigenvalue weighted by Gasteiger charge is -2.25. The van der Waals surface area contributed by atoms with Gasteiger partial charge in [0.05, 0.1) is 4.47 Å². The van der Waals surface area contributed by atoms with Crippen molar-refractivity contribution in [2.45, 2.75) is 32.7 Å². The van der Waals surface area contributed by atoms with E-state index in [-0.39, 0.29) is 10.5 Å².